The Balaban J connectivity index is 0.658. The van der Waals surface area contributed by atoms with Crippen LogP contribution in [0, 0.1) is 0 Å². The van der Waals surface area contributed by atoms with E-state index in [-0.39, 0.29) is 24.6 Å². The van der Waals surface area contributed by atoms with Crippen LogP contribution in [0.1, 0.15) is 62.6 Å². The Hall–Kier alpha value is -7.19. The van der Waals surface area contributed by atoms with E-state index in [2.05, 4.69) is 48.2 Å². The van der Waals surface area contributed by atoms with Gasteiger partial charge in [-0.25, -0.2) is 24.6 Å². The van der Waals surface area contributed by atoms with Crippen molar-refractivity contribution in [1.82, 2.24) is 49.1 Å². The molecule has 73 heavy (non-hydrogen) atoms. The Morgan fingerprint density at radius 3 is 2.53 bits per heavy atom. The highest BCUT2D eigenvalue weighted by molar-refractivity contribution is 5.98. The van der Waals surface area contributed by atoms with Crippen molar-refractivity contribution in [2.24, 2.45) is 0 Å². The number of carbonyl (C=O) groups excluding carboxylic acids is 1. The zero-order chi connectivity index (χ0) is 50.4. The highest BCUT2D eigenvalue weighted by Crippen LogP contribution is 2.35. The van der Waals surface area contributed by atoms with Crippen molar-refractivity contribution in [3.05, 3.63) is 115 Å². The van der Waals surface area contributed by atoms with Crippen LogP contribution in [-0.4, -0.2) is 146 Å². The van der Waals surface area contributed by atoms with Gasteiger partial charge in [0.05, 0.1) is 44.1 Å². The number of nitrogens with zero attached hydrogens (tertiary/aromatic N) is 11. The molecule has 384 valence electrons. The first-order valence-electron chi connectivity index (χ1n) is 25.5. The minimum Gasteiger partial charge on any atom is -0.475 e. The number of amides is 1. The lowest BCUT2D eigenvalue weighted by Gasteiger charge is -2.36. The molecule has 0 aliphatic carbocycles. The predicted octanol–water partition coefficient (Wildman–Crippen LogP) is 6.99. The van der Waals surface area contributed by atoms with Crippen molar-refractivity contribution in [3.63, 3.8) is 0 Å². The minimum absolute atomic E-state index is 0.0318. The third kappa shape index (κ3) is 12.9. The third-order valence-electron chi connectivity index (χ3n) is 13.4. The number of aryl methyl sites for hydroxylation is 1. The van der Waals surface area contributed by atoms with Gasteiger partial charge in [-0.2, -0.15) is 14.7 Å². The average molecular weight is 994 g/mol. The Morgan fingerprint density at radius 1 is 0.904 bits per heavy atom. The van der Waals surface area contributed by atoms with Crippen molar-refractivity contribution in [1.29, 1.82) is 0 Å². The molecule has 2 aromatic carbocycles. The summed E-state index contributed by atoms with van der Waals surface area (Å²) in [6.45, 7) is 8.47. The lowest BCUT2D eigenvalue weighted by atomic mass is 9.99. The van der Waals surface area contributed by atoms with Crippen LogP contribution >= 0.6 is 0 Å². The number of nitrogens with one attached hydrogen (secondary N) is 1. The molecule has 2 saturated heterocycles. The number of likely N-dealkylation sites (tertiary alicyclic amines) is 1. The zero-order valence-electron chi connectivity index (χ0n) is 41.9. The maximum Gasteiger partial charge on any atom is 0.246 e. The molecule has 5 aromatic heterocycles. The molecule has 4 N–H and O–H groups in total. The highest BCUT2D eigenvalue weighted by Gasteiger charge is 2.29. The fourth-order valence-corrected chi connectivity index (χ4v) is 9.45. The van der Waals surface area contributed by atoms with Crippen LogP contribution in [0.25, 0.3) is 27.9 Å². The number of aliphatic hydroxyl groups is 1. The van der Waals surface area contributed by atoms with Gasteiger partial charge < -0.3 is 49.8 Å². The van der Waals surface area contributed by atoms with E-state index in [4.69, 9.17) is 34.8 Å². The summed E-state index contributed by atoms with van der Waals surface area (Å²) in [7, 11) is 2.00. The highest BCUT2D eigenvalue weighted by atomic mass is 16.5. The van der Waals surface area contributed by atoms with E-state index < -0.39 is 0 Å². The van der Waals surface area contributed by atoms with E-state index in [9.17, 15) is 9.90 Å². The first kappa shape index (κ1) is 50.7. The molecule has 2 atom stereocenters. The Kier molecular flexibility index (Phi) is 17.4. The van der Waals surface area contributed by atoms with E-state index in [1.165, 1.54) is 12.7 Å². The number of hydrogen-bond donors (Lipinski definition) is 3. The van der Waals surface area contributed by atoms with Gasteiger partial charge in [0.2, 0.25) is 11.8 Å². The summed E-state index contributed by atoms with van der Waals surface area (Å²) >= 11 is 0. The van der Waals surface area contributed by atoms with Crippen LogP contribution in [0.3, 0.4) is 0 Å². The van der Waals surface area contributed by atoms with Crippen molar-refractivity contribution >= 4 is 40.0 Å². The molecular weight excluding hydrogens is 927 g/mol. The monoisotopic (exact) mass is 994 g/mol. The number of para-hydroxylation sites is 1. The summed E-state index contributed by atoms with van der Waals surface area (Å²) < 4.78 is 27.2. The number of hydrogen-bond acceptors (Lipinski definition) is 16. The predicted molar refractivity (Wildman–Crippen MR) is 281 cm³/mol. The van der Waals surface area contributed by atoms with Crippen molar-refractivity contribution < 1.29 is 28.8 Å². The number of carbonyl (C=O) groups is 1. The number of piperidine rings is 2. The lowest BCUT2D eigenvalue weighted by Crippen LogP contribution is -2.40. The zero-order valence-corrected chi connectivity index (χ0v) is 41.9. The number of likely N-dealkylation sites (N-methyl/N-ethyl adjacent to an activating group) is 1. The SMILES string of the molecule is CCc1cnn2c(NCc3ccc(OCCOCCOCCN(C)C/C=C/C(=O)N4CCC[C@@H](n5nc(-c6ccc(Oc7ccccc7)cc6)c6c(N)ncnc65)C4)nc3)cc(N3CCCC[C@H]3CCO)nc12. The van der Waals surface area contributed by atoms with Gasteiger partial charge >= 0.3 is 0 Å². The molecule has 7 heterocycles. The van der Waals surface area contributed by atoms with Crippen molar-refractivity contribution in [3.8, 4) is 28.6 Å². The molecule has 2 aliphatic heterocycles. The Morgan fingerprint density at radius 2 is 1.73 bits per heavy atom. The van der Waals surface area contributed by atoms with Crippen LogP contribution in [-0.2, 0) is 27.2 Å². The van der Waals surface area contributed by atoms with Crippen LogP contribution in [0.4, 0.5) is 17.5 Å². The van der Waals surface area contributed by atoms with Gasteiger partial charge in [-0.1, -0.05) is 37.3 Å². The molecule has 9 rings (SSSR count). The summed E-state index contributed by atoms with van der Waals surface area (Å²) in [5.74, 6) is 4.10. The molecule has 19 nitrogen and oxygen atoms in total. The minimum atomic E-state index is -0.0756. The Bertz CT molecular complexity index is 2890. The maximum atomic E-state index is 13.4. The molecule has 2 fully saturated rings. The average Bonchev–Trinajstić information content (AvgIpc) is 4.04. The van der Waals surface area contributed by atoms with E-state index in [0.717, 1.165) is 84.8 Å². The van der Waals surface area contributed by atoms with Gasteiger partial charge in [0.1, 0.15) is 47.6 Å². The molecule has 0 bridgehead atoms. The van der Waals surface area contributed by atoms with E-state index in [1.807, 2.05) is 106 Å². The number of ether oxygens (including phenoxy) is 4. The van der Waals surface area contributed by atoms with E-state index in [0.29, 0.717) is 99.9 Å². The second-order valence-electron chi connectivity index (χ2n) is 18.5. The summed E-state index contributed by atoms with van der Waals surface area (Å²) in [4.78, 5) is 38.2. The van der Waals surface area contributed by atoms with Crippen LogP contribution in [0.2, 0.25) is 0 Å². The number of nitrogen functional groups attached to an aromatic ring is 1. The second kappa shape index (κ2) is 25.0. The molecule has 7 aromatic rings. The van der Waals surface area contributed by atoms with Crippen molar-refractivity contribution in [2.45, 2.75) is 70.5 Å². The largest absolute Gasteiger partial charge is 0.475 e. The normalized spacial score (nSPS) is 16.3. The number of nitrogens with two attached hydrogens (primary N) is 1. The number of aliphatic hydroxyl groups excluding tert-OH is 1. The molecular formula is C54H67N13O6. The second-order valence-corrected chi connectivity index (χ2v) is 18.5. The third-order valence-corrected chi connectivity index (χ3v) is 13.4. The first-order valence-corrected chi connectivity index (χ1v) is 25.5. The van der Waals surface area contributed by atoms with Gasteiger partial charge in [-0.05, 0) is 94.0 Å². The number of fused-ring (bicyclic) bond motifs is 2. The van der Waals surface area contributed by atoms with E-state index in [1.54, 1.807) is 6.08 Å². The molecule has 2 aliphatic rings. The summed E-state index contributed by atoms with van der Waals surface area (Å²) in [6, 6.07) is 23.5. The van der Waals surface area contributed by atoms with Gasteiger partial charge in [-0.15, -0.1) is 0 Å². The summed E-state index contributed by atoms with van der Waals surface area (Å²) in [6.07, 6.45) is 15.3. The Labute approximate surface area is 425 Å². The molecule has 0 spiro atoms. The fraction of sp³-hybridized carbons (Fsp3) is 0.426. The molecule has 0 unspecified atom stereocenters. The summed E-state index contributed by atoms with van der Waals surface area (Å²) in [5, 5.41) is 23.7. The van der Waals surface area contributed by atoms with Gasteiger partial charge in [0, 0.05) is 87.4 Å². The lowest BCUT2D eigenvalue weighted by molar-refractivity contribution is -0.127. The molecule has 0 radical (unpaired) electrons. The first-order chi connectivity index (χ1) is 35.8. The van der Waals surface area contributed by atoms with E-state index >= 15 is 0 Å². The van der Waals surface area contributed by atoms with Gasteiger partial charge in [0.25, 0.3) is 0 Å². The molecule has 0 saturated carbocycles. The number of rotatable bonds is 24. The van der Waals surface area contributed by atoms with Crippen LogP contribution < -0.4 is 25.4 Å². The number of anilines is 3. The van der Waals surface area contributed by atoms with Gasteiger partial charge in [0.15, 0.2) is 11.3 Å². The molecule has 1 amide bonds. The topological polar surface area (TPSA) is 209 Å². The number of aromatic nitrogens is 8. The number of pyridine rings is 1. The van der Waals surface area contributed by atoms with Gasteiger partial charge in [-0.3, -0.25) is 4.79 Å². The van der Waals surface area contributed by atoms with Crippen molar-refractivity contribution in [2.75, 3.05) is 95.4 Å². The van der Waals surface area contributed by atoms with Crippen LogP contribution in [0.15, 0.2) is 104 Å². The molecule has 19 heteroatoms. The smallest absolute Gasteiger partial charge is 0.246 e. The number of benzene rings is 2. The standard InChI is InChI=1S/C54H67N13O6/c1-3-40-36-60-67-46(33-47(61-53(40)67)65-25-8-7-11-42(65)22-27-68)56-34-39-16-21-48(57-35-39)72-32-31-71-30-29-70-28-26-63(2)23-10-15-49(69)64-24-9-12-43(37-64)66-54-50(52(55)58-38-59-54)51(62-66)41-17-19-45(20-18-41)73-44-13-5-4-6-14-44/h4-6,10,13-21,33,35-36,38,42-43,56,68H,3,7-9,11-12,22-32,34,37H2,1-2H3,(H2,55,58,59)/b15-10+/t42-,43+/m0/s1. The quantitative estimate of drug-likeness (QED) is 0.0412. The summed E-state index contributed by atoms with van der Waals surface area (Å²) in [5.41, 5.74) is 11.6. The maximum absolute atomic E-state index is 13.4. The van der Waals surface area contributed by atoms with Crippen LogP contribution in [0.5, 0.6) is 17.4 Å². The fourth-order valence-electron chi connectivity index (χ4n) is 9.45.